The summed E-state index contributed by atoms with van der Waals surface area (Å²) >= 11 is 0. The number of fused-ring (bicyclic) bond motifs is 3. The Morgan fingerprint density at radius 3 is 2.38 bits per heavy atom. The monoisotopic (exact) mass is 795 g/mol. The number of hydrogen-bond donors (Lipinski definition) is 2. The maximum atomic E-state index is 13.7. The zero-order valence-electron chi connectivity index (χ0n) is 33.5. The van der Waals surface area contributed by atoms with Gasteiger partial charge in [-0.3, -0.25) is 39.1 Å². The van der Waals surface area contributed by atoms with Crippen LogP contribution in [0, 0.1) is 11.8 Å². The van der Waals surface area contributed by atoms with Crippen LogP contribution in [-0.2, 0) is 36.1 Å². The highest BCUT2D eigenvalue weighted by Crippen LogP contribution is 2.42. The Morgan fingerprint density at radius 2 is 1.67 bits per heavy atom. The second kappa shape index (κ2) is 15.5. The lowest BCUT2D eigenvalue weighted by atomic mass is 9.71. The molecule has 2 N–H and O–H groups in total. The van der Waals surface area contributed by atoms with Crippen molar-refractivity contribution < 1.29 is 38.2 Å². The minimum atomic E-state index is -1.02. The molecule has 1 aliphatic carbocycles. The molecule has 16 nitrogen and oxygen atoms in total. The Bertz CT molecular complexity index is 2250. The van der Waals surface area contributed by atoms with Gasteiger partial charge in [-0.05, 0) is 86.7 Å². The third-order valence-electron chi connectivity index (χ3n) is 12.3. The summed E-state index contributed by atoms with van der Waals surface area (Å²) in [7, 11) is 8.99. The topological polar surface area (TPSA) is 172 Å². The molecule has 1 saturated carbocycles. The molecule has 1 aromatic heterocycles. The van der Waals surface area contributed by atoms with Gasteiger partial charge in [0.25, 0.3) is 17.4 Å². The minimum absolute atomic E-state index is 0.0344. The Kier molecular flexibility index (Phi) is 10.5. The molecule has 4 aliphatic heterocycles. The molecule has 2 aromatic carbocycles. The molecular weight excluding hydrogens is 747 g/mol. The van der Waals surface area contributed by atoms with Crippen molar-refractivity contribution in [3.63, 3.8) is 0 Å². The van der Waals surface area contributed by atoms with Gasteiger partial charge in [-0.1, -0.05) is 0 Å². The fourth-order valence-corrected chi connectivity index (χ4v) is 9.26. The first-order valence-electron chi connectivity index (χ1n) is 19.7. The van der Waals surface area contributed by atoms with Gasteiger partial charge in [-0.2, -0.15) is 0 Å². The summed E-state index contributed by atoms with van der Waals surface area (Å²) in [5.41, 5.74) is 4.54. The van der Waals surface area contributed by atoms with Crippen LogP contribution >= 0.6 is 0 Å². The number of urea groups is 1. The van der Waals surface area contributed by atoms with Crippen molar-refractivity contribution >= 4 is 29.7 Å². The SMILES string of the molecule is COc1cc(-c2cn(C)c(=O)c3c2CCN(C(=O)NC2CC4CN(CCOc5ccc6c(c5)C(=O)N(C5CCC(=O)NC5=O)C6=O)C[C@@H]42)C3)cc(OC)c1CN(C)C. The van der Waals surface area contributed by atoms with Gasteiger partial charge < -0.3 is 33.9 Å². The first-order chi connectivity index (χ1) is 27.8. The first kappa shape index (κ1) is 39.1. The predicted octanol–water partition coefficient (Wildman–Crippen LogP) is 2.00. The average Bonchev–Trinajstić information content (AvgIpc) is 3.65. The van der Waals surface area contributed by atoms with Crippen LogP contribution in [0.1, 0.15) is 56.7 Å². The number of methoxy groups -OCH3 is 2. The van der Waals surface area contributed by atoms with Crippen LogP contribution < -0.4 is 30.4 Å². The molecule has 6 amide bonds. The van der Waals surface area contributed by atoms with Crippen LogP contribution in [0.25, 0.3) is 11.1 Å². The lowest BCUT2D eigenvalue weighted by Gasteiger charge is -2.41. The van der Waals surface area contributed by atoms with Gasteiger partial charge in [-0.25, -0.2) is 4.79 Å². The van der Waals surface area contributed by atoms with Crippen LogP contribution in [0.4, 0.5) is 4.79 Å². The molecule has 306 valence electrons. The highest BCUT2D eigenvalue weighted by atomic mass is 16.5. The summed E-state index contributed by atoms with van der Waals surface area (Å²) in [5, 5.41) is 5.47. The maximum absolute atomic E-state index is 13.7. The standard InChI is InChI=1S/C42H49N7O9/c1-45(2)19-32-35(56-4)15-23(16-36(32)57-5)29-20-46(3)39(52)31-22-48(11-10-26(29)31)42(55)43-33-14-24-18-47(21-30(24)33)12-13-58-25-6-7-27-28(17-25)41(54)49(40(27)53)34-8-9-37(50)44-38(34)51/h6-7,15-17,20,24,30,33-34H,8-14,18-19,21-22H2,1-5H3,(H,43,55)(H,44,50,51)/t24?,30-,33?,34?/m0/s1. The Hall–Kier alpha value is -5.74. The zero-order valence-corrected chi connectivity index (χ0v) is 33.5. The lowest BCUT2D eigenvalue weighted by Crippen LogP contribution is -2.56. The van der Waals surface area contributed by atoms with E-state index in [0.29, 0.717) is 67.3 Å². The molecule has 5 aliphatic rings. The summed E-state index contributed by atoms with van der Waals surface area (Å²) in [4.78, 5) is 84.4. The summed E-state index contributed by atoms with van der Waals surface area (Å²) in [5.74, 6) is 0.421. The molecular formula is C42H49N7O9. The van der Waals surface area contributed by atoms with Crippen molar-refractivity contribution in [3.05, 3.63) is 74.7 Å². The number of nitrogens with one attached hydrogen (secondary N) is 2. The Morgan fingerprint density at radius 1 is 0.931 bits per heavy atom. The Labute approximate surface area is 336 Å². The van der Waals surface area contributed by atoms with Gasteiger partial charge in [0.05, 0.1) is 37.5 Å². The second-order valence-electron chi connectivity index (χ2n) is 16.2. The summed E-state index contributed by atoms with van der Waals surface area (Å²) < 4.78 is 19.2. The summed E-state index contributed by atoms with van der Waals surface area (Å²) in [6.45, 7) is 4.04. The van der Waals surface area contributed by atoms with Gasteiger partial charge in [-0.15, -0.1) is 0 Å². The van der Waals surface area contributed by atoms with Crippen molar-refractivity contribution in [2.75, 3.05) is 61.1 Å². The number of imide groups is 2. The zero-order chi connectivity index (χ0) is 41.0. The van der Waals surface area contributed by atoms with E-state index < -0.39 is 29.7 Å². The number of aryl methyl sites for hydroxylation is 1. The number of piperidine rings is 1. The number of amides is 6. The molecule has 3 unspecified atom stereocenters. The van der Waals surface area contributed by atoms with E-state index in [4.69, 9.17) is 14.2 Å². The van der Waals surface area contributed by atoms with E-state index in [1.54, 1.807) is 36.8 Å². The molecule has 3 fully saturated rings. The highest BCUT2D eigenvalue weighted by molar-refractivity contribution is 6.23. The van der Waals surface area contributed by atoms with Crippen molar-refractivity contribution in [2.24, 2.45) is 18.9 Å². The van der Waals surface area contributed by atoms with Crippen LogP contribution in [0.2, 0.25) is 0 Å². The first-order valence-corrected chi connectivity index (χ1v) is 19.7. The number of aromatic nitrogens is 1. The van der Waals surface area contributed by atoms with Crippen LogP contribution in [0.5, 0.6) is 17.2 Å². The van der Waals surface area contributed by atoms with Gasteiger partial charge in [0.15, 0.2) is 0 Å². The Balaban J connectivity index is 0.858. The number of carbonyl (C=O) groups excluding carboxylic acids is 5. The van der Waals surface area contributed by atoms with E-state index in [-0.39, 0.29) is 48.1 Å². The molecule has 0 radical (unpaired) electrons. The van der Waals surface area contributed by atoms with E-state index >= 15 is 0 Å². The molecule has 4 atom stereocenters. The number of nitrogens with zero attached hydrogens (tertiary/aromatic N) is 5. The third kappa shape index (κ3) is 7.08. The molecule has 3 aromatic rings. The second-order valence-corrected chi connectivity index (χ2v) is 16.2. The van der Waals surface area contributed by atoms with Crippen LogP contribution in [0.15, 0.2) is 41.3 Å². The number of likely N-dealkylation sites (tertiary alicyclic amines) is 1. The number of benzene rings is 2. The molecule has 2 saturated heterocycles. The number of carbonyl (C=O) groups is 5. The van der Waals surface area contributed by atoms with Crippen LogP contribution in [-0.4, -0.2) is 127 Å². The van der Waals surface area contributed by atoms with E-state index in [9.17, 15) is 28.8 Å². The van der Waals surface area contributed by atoms with Crippen molar-refractivity contribution in [3.8, 4) is 28.4 Å². The maximum Gasteiger partial charge on any atom is 0.317 e. The minimum Gasteiger partial charge on any atom is -0.496 e. The summed E-state index contributed by atoms with van der Waals surface area (Å²) in [6, 6.07) is 7.54. The molecule has 8 rings (SSSR count). The van der Waals surface area contributed by atoms with Gasteiger partial charge in [0.1, 0.15) is 29.9 Å². The smallest absolute Gasteiger partial charge is 0.317 e. The molecule has 0 bridgehead atoms. The fraction of sp³-hybridized carbons (Fsp3) is 0.476. The number of pyridine rings is 1. The quantitative estimate of drug-likeness (QED) is 0.272. The molecule has 5 heterocycles. The number of hydrogen-bond acceptors (Lipinski definition) is 11. The van der Waals surface area contributed by atoms with E-state index in [2.05, 4.69) is 15.5 Å². The van der Waals surface area contributed by atoms with Gasteiger partial charge in [0.2, 0.25) is 11.8 Å². The number of ether oxygens (including phenoxy) is 3. The van der Waals surface area contributed by atoms with Gasteiger partial charge in [0, 0.05) is 69.6 Å². The van der Waals surface area contributed by atoms with E-state index in [1.807, 2.05) is 37.3 Å². The normalized spacial score (nSPS) is 22.7. The van der Waals surface area contributed by atoms with Crippen molar-refractivity contribution in [1.82, 2.24) is 34.8 Å². The van der Waals surface area contributed by atoms with Crippen molar-refractivity contribution in [1.29, 1.82) is 0 Å². The third-order valence-corrected chi connectivity index (χ3v) is 12.3. The van der Waals surface area contributed by atoms with Crippen LogP contribution in [0.3, 0.4) is 0 Å². The van der Waals surface area contributed by atoms with E-state index in [0.717, 1.165) is 46.7 Å². The number of rotatable bonds is 11. The molecule has 16 heteroatoms. The van der Waals surface area contributed by atoms with Gasteiger partial charge >= 0.3 is 6.03 Å². The van der Waals surface area contributed by atoms with E-state index in [1.165, 1.54) is 12.1 Å². The lowest BCUT2D eigenvalue weighted by molar-refractivity contribution is -0.136. The largest absolute Gasteiger partial charge is 0.496 e. The highest BCUT2D eigenvalue weighted by Gasteiger charge is 2.48. The fourth-order valence-electron chi connectivity index (χ4n) is 9.26. The molecule has 0 spiro atoms. The summed E-state index contributed by atoms with van der Waals surface area (Å²) in [6.07, 6.45) is 3.42. The van der Waals surface area contributed by atoms with Crippen molar-refractivity contribution in [2.45, 2.75) is 50.9 Å². The predicted molar refractivity (Wildman–Crippen MR) is 211 cm³/mol. The molecule has 58 heavy (non-hydrogen) atoms. The average molecular weight is 796 g/mol.